The fraction of sp³-hybridized carbons (Fsp3) is 0.688. The smallest absolute Gasteiger partial charge is 0.330 e. The van der Waals surface area contributed by atoms with Gasteiger partial charge in [0.15, 0.2) is 0 Å². The van der Waals surface area contributed by atoms with Gasteiger partial charge in [0.05, 0.1) is 13.0 Å². The number of carbonyl (C=O) groups excluding carboxylic acids is 3. The minimum absolute atomic E-state index is 0.0206. The van der Waals surface area contributed by atoms with Crippen molar-refractivity contribution in [3.05, 3.63) is 12.2 Å². The molecule has 0 aromatic carbocycles. The summed E-state index contributed by atoms with van der Waals surface area (Å²) in [6, 6.07) is 0. The van der Waals surface area contributed by atoms with Crippen LogP contribution in [0.1, 0.15) is 33.1 Å². The van der Waals surface area contributed by atoms with Gasteiger partial charge in [-0.05, 0) is 19.3 Å². The third-order valence-corrected chi connectivity index (χ3v) is 3.66. The summed E-state index contributed by atoms with van der Waals surface area (Å²) < 4.78 is 4.48. The van der Waals surface area contributed by atoms with Crippen LogP contribution in [0.5, 0.6) is 0 Å². The van der Waals surface area contributed by atoms with Crippen LogP contribution in [0.4, 0.5) is 0 Å². The standard InChI is InChI=1S/C16H26N2O4/c1-12(2)16(21)18-10-6-7-13(11-18)15(20)17-9-5-4-8-14(19)22-3/h4,8,12-13H,5-7,9-11H2,1-3H3,(H,17,20)/b8-4+. The molecule has 1 aliphatic rings. The molecule has 0 spiro atoms. The molecular formula is C16H26N2O4. The molecule has 0 aromatic rings. The van der Waals surface area contributed by atoms with Gasteiger partial charge in [0.2, 0.25) is 11.8 Å². The molecule has 0 saturated carbocycles. The number of methoxy groups -OCH3 is 1. The zero-order valence-electron chi connectivity index (χ0n) is 13.6. The van der Waals surface area contributed by atoms with E-state index in [9.17, 15) is 14.4 Å². The van der Waals surface area contributed by atoms with Crippen LogP contribution in [0.3, 0.4) is 0 Å². The average Bonchev–Trinajstić information content (AvgIpc) is 2.53. The van der Waals surface area contributed by atoms with E-state index in [4.69, 9.17) is 0 Å². The summed E-state index contributed by atoms with van der Waals surface area (Å²) in [5.74, 6) is -0.487. The second-order valence-corrected chi connectivity index (χ2v) is 5.78. The second-order valence-electron chi connectivity index (χ2n) is 5.78. The Balaban J connectivity index is 2.34. The Morgan fingerprint density at radius 1 is 1.36 bits per heavy atom. The van der Waals surface area contributed by atoms with E-state index < -0.39 is 5.97 Å². The van der Waals surface area contributed by atoms with Gasteiger partial charge < -0.3 is 15.0 Å². The van der Waals surface area contributed by atoms with Crippen molar-refractivity contribution in [2.75, 3.05) is 26.7 Å². The monoisotopic (exact) mass is 310 g/mol. The summed E-state index contributed by atoms with van der Waals surface area (Å²) in [6.45, 7) is 5.46. The summed E-state index contributed by atoms with van der Waals surface area (Å²) in [5, 5.41) is 2.85. The Bertz CT molecular complexity index is 432. The molecule has 1 atom stereocenters. The molecule has 0 aromatic heterocycles. The first-order chi connectivity index (χ1) is 10.5. The maximum atomic E-state index is 12.1. The number of hydrogen-bond donors (Lipinski definition) is 1. The van der Waals surface area contributed by atoms with Gasteiger partial charge in [0.25, 0.3) is 0 Å². The van der Waals surface area contributed by atoms with Crippen molar-refractivity contribution in [2.24, 2.45) is 11.8 Å². The van der Waals surface area contributed by atoms with Crippen LogP contribution in [0.2, 0.25) is 0 Å². The Hall–Kier alpha value is -1.85. The summed E-state index contributed by atoms with van der Waals surface area (Å²) in [5.41, 5.74) is 0. The number of esters is 1. The average molecular weight is 310 g/mol. The van der Waals surface area contributed by atoms with Crippen molar-refractivity contribution in [3.8, 4) is 0 Å². The van der Waals surface area contributed by atoms with E-state index in [0.29, 0.717) is 19.5 Å². The van der Waals surface area contributed by atoms with Crippen LogP contribution in [0.25, 0.3) is 0 Å². The van der Waals surface area contributed by atoms with Gasteiger partial charge >= 0.3 is 5.97 Å². The molecule has 1 heterocycles. The van der Waals surface area contributed by atoms with Gasteiger partial charge in [0.1, 0.15) is 0 Å². The molecule has 1 aliphatic heterocycles. The van der Waals surface area contributed by atoms with Crippen LogP contribution in [0.15, 0.2) is 12.2 Å². The Kier molecular flexibility index (Phi) is 7.63. The lowest BCUT2D eigenvalue weighted by Gasteiger charge is -2.33. The molecule has 124 valence electrons. The molecule has 1 fully saturated rings. The predicted molar refractivity (Wildman–Crippen MR) is 82.9 cm³/mol. The van der Waals surface area contributed by atoms with Crippen molar-refractivity contribution in [1.82, 2.24) is 10.2 Å². The van der Waals surface area contributed by atoms with E-state index in [1.54, 1.807) is 11.0 Å². The first kappa shape index (κ1) is 18.2. The highest BCUT2D eigenvalue weighted by molar-refractivity contribution is 5.82. The second kappa shape index (κ2) is 9.23. The van der Waals surface area contributed by atoms with Crippen molar-refractivity contribution in [2.45, 2.75) is 33.1 Å². The first-order valence-corrected chi connectivity index (χ1v) is 7.76. The summed E-state index contributed by atoms with van der Waals surface area (Å²) in [4.78, 5) is 36.8. The summed E-state index contributed by atoms with van der Waals surface area (Å²) >= 11 is 0. The lowest BCUT2D eigenvalue weighted by molar-refractivity contribution is -0.138. The molecule has 2 amide bonds. The molecule has 6 nitrogen and oxygen atoms in total. The number of rotatable bonds is 6. The molecule has 0 aliphatic carbocycles. The van der Waals surface area contributed by atoms with E-state index in [1.165, 1.54) is 13.2 Å². The highest BCUT2D eigenvalue weighted by atomic mass is 16.5. The van der Waals surface area contributed by atoms with Crippen LogP contribution < -0.4 is 5.32 Å². The van der Waals surface area contributed by atoms with Crippen molar-refractivity contribution in [3.63, 3.8) is 0 Å². The highest BCUT2D eigenvalue weighted by Crippen LogP contribution is 2.18. The fourth-order valence-corrected chi connectivity index (χ4v) is 2.43. The maximum absolute atomic E-state index is 12.1. The van der Waals surface area contributed by atoms with E-state index >= 15 is 0 Å². The van der Waals surface area contributed by atoms with Crippen LogP contribution in [-0.4, -0.2) is 49.4 Å². The Morgan fingerprint density at radius 3 is 2.73 bits per heavy atom. The van der Waals surface area contributed by atoms with E-state index in [2.05, 4.69) is 10.1 Å². The van der Waals surface area contributed by atoms with Gasteiger partial charge in [-0.15, -0.1) is 0 Å². The molecule has 22 heavy (non-hydrogen) atoms. The van der Waals surface area contributed by atoms with Gasteiger partial charge in [0, 0.05) is 31.6 Å². The van der Waals surface area contributed by atoms with Crippen LogP contribution >= 0.6 is 0 Å². The number of likely N-dealkylation sites (tertiary alicyclic amines) is 1. The number of carbonyl (C=O) groups is 3. The zero-order chi connectivity index (χ0) is 16.5. The van der Waals surface area contributed by atoms with Gasteiger partial charge in [-0.1, -0.05) is 19.9 Å². The van der Waals surface area contributed by atoms with Gasteiger partial charge in [-0.25, -0.2) is 4.79 Å². The molecule has 1 unspecified atom stereocenters. The molecule has 0 radical (unpaired) electrons. The highest BCUT2D eigenvalue weighted by Gasteiger charge is 2.28. The SMILES string of the molecule is COC(=O)/C=C/CCNC(=O)C1CCCN(C(=O)C(C)C)C1. The minimum Gasteiger partial charge on any atom is -0.466 e. The molecule has 0 bridgehead atoms. The lowest BCUT2D eigenvalue weighted by atomic mass is 9.96. The Morgan fingerprint density at radius 2 is 2.09 bits per heavy atom. The first-order valence-electron chi connectivity index (χ1n) is 7.76. The summed E-state index contributed by atoms with van der Waals surface area (Å²) in [7, 11) is 1.32. The van der Waals surface area contributed by atoms with Crippen LogP contribution in [0, 0.1) is 11.8 Å². The maximum Gasteiger partial charge on any atom is 0.330 e. The van der Waals surface area contributed by atoms with E-state index in [-0.39, 0.29) is 23.7 Å². The van der Waals surface area contributed by atoms with E-state index in [0.717, 1.165) is 19.4 Å². The quantitative estimate of drug-likeness (QED) is 0.453. The lowest BCUT2D eigenvalue weighted by Crippen LogP contribution is -2.46. The molecule has 1 N–H and O–H groups in total. The third kappa shape index (κ3) is 5.87. The molecule has 1 rings (SSSR count). The fourth-order valence-electron chi connectivity index (χ4n) is 2.43. The number of nitrogens with one attached hydrogen (secondary N) is 1. The van der Waals surface area contributed by atoms with E-state index in [1.807, 2.05) is 13.8 Å². The van der Waals surface area contributed by atoms with Crippen molar-refractivity contribution in [1.29, 1.82) is 0 Å². The molecule has 1 saturated heterocycles. The van der Waals surface area contributed by atoms with Gasteiger partial charge in [-0.3, -0.25) is 9.59 Å². The number of amides is 2. The number of nitrogens with zero attached hydrogens (tertiary/aromatic N) is 1. The van der Waals surface area contributed by atoms with Crippen molar-refractivity contribution < 1.29 is 19.1 Å². The topological polar surface area (TPSA) is 75.7 Å². The van der Waals surface area contributed by atoms with Gasteiger partial charge in [-0.2, -0.15) is 0 Å². The molecule has 6 heteroatoms. The summed E-state index contributed by atoms with van der Waals surface area (Å²) in [6.07, 6.45) is 5.25. The largest absolute Gasteiger partial charge is 0.466 e. The van der Waals surface area contributed by atoms with Crippen LogP contribution in [-0.2, 0) is 19.1 Å². The normalized spacial score (nSPS) is 18.5. The number of ether oxygens (including phenoxy) is 1. The minimum atomic E-state index is -0.401. The van der Waals surface area contributed by atoms with Crippen molar-refractivity contribution >= 4 is 17.8 Å². The molecular weight excluding hydrogens is 284 g/mol. The number of hydrogen-bond acceptors (Lipinski definition) is 4. The zero-order valence-corrected chi connectivity index (χ0v) is 13.6. The third-order valence-electron chi connectivity index (χ3n) is 3.66. The predicted octanol–water partition coefficient (Wildman–Crippen LogP) is 1.12. The number of piperidine rings is 1. The Labute approximate surface area is 131 Å².